The highest BCUT2D eigenvalue weighted by Crippen LogP contribution is 2.24. The van der Waals surface area contributed by atoms with Gasteiger partial charge in [0.1, 0.15) is 11.9 Å². The van der Waals surface area contributed by atoms with Crippen molar-refractivity contribution in [3.8, 4) is 0 Å². The first kappa shape index (κ1) is 14.3. The van der Waals surface area contributed by atoms with Gasteiger partial charge in [-0.3, -0.25) is 4.79 Å². The fourth-order valence-corrected chi connectivity index (χ4v) is 2.39. The topological polar surface area (TPSA) is 85.5 Å². The SMILES string of the molecule is CCOC(=O)C1CCCCN1c1ccc(C(N)=O)cn1. The second-order valence-corrected chi connectivity index (χ2v) is 4.73. The Kier molecular flexibility index (Phi) is 4.55. The van der Waals surface area contributed by atoms with Gasteiger partial charge in [0, 0.05) is 12.7 Å². The molecule has 108 valence electrons. The second kappa shape index (κ2) is 6.36. The monoisotopic (exact) mass is 277 g/mol. The first-order valence-electron chi connectivity index (χ1n) is 6.82. The summed E-state index contributed by atoms with van der Waals surface area (Å²) in [5.41, 5.74) is 5.55. The van der Waals surface area contributed by atoms with Crippen LogP contribution in [0.15, 0.2) is 18.3 Å². The maximum atomic E-state index is 12.0. The Hall–Kier alpha value is -2.11. The van der Waals surface area contributed by atoms with E-state index in [2.05, 4.69) is 4.98 Å². The molecule has 0 spiro atoms. The molecule has 1 aliphatic rings. The molecule has 2 rings (SSSR count). The highest BCUT2D eigenvalue weighted by atomic mass is 16.5. The van der Waals surface area contributed by atoms with E-state index in [0.717, 1.165) is 25.8 Å². The summed E-state index contributed by atoms with van der Waals surface area (Å²) in [4.78, 5) is 29.2. The Labute approximate surface area is 117 Å². The van der Waals surface area contributed by atoms with Crippen molar-refractivity contribution in [2.75, 3.05) is 18.1 Å². The number of carbonyl (C=O) groups is 2. The third kappa shape index (κ3) is 3.07. The van der Waals surface area contributed by atoms with E-state index in [9.17, 15) is 9.59 Å². The molecule has 1 aromatic rings. The first-order valence-corrected chi connectivity index (χ1v) is 6.82. The summed E-state index contributed by atoms with van der Waals surface area (Å²) in [7, 11) is 0. The zero-order valence-electron chi connectivity index (χ0n) is 11.5. The van der Waals surface area contributed by atoms with E-state index in [1.807, 2.05) is 4.90 Å². The molecule has 1 fully saturated rings. The molecule has 1 aliphatic heterocycles. The van der Waals surface area contributed by atoms with Crippen LogP contribution in [0.25, 0.3) is 0 Å². The van der Waals surface area contributed by atoms with Gasteiger partial charge in [0.15, 0.2) is 0 Å². The van der Waals surface area contributed by atoms with E-state index in [1.165, 1.54) is 6.20 Å². The van der Waals surface area contributed by atoms with Crippen LogP contribution in [0.3, 0.4) is 0 Å². The van der Waals surface area contributed by atoms with Crippen molar-refractivity contribution >= 4 is 17.7 Å². The van der Waals surface area contributed by atoms with E-state index in [-0.39, 0.29) is 12.0 Å². The molecule has 1 atom stereocenters. The molecule has 2 N–H and O–H groups in total. The number of esters is 1. The molecule has 1 aromatic heterocycles. The smallest absolute Gasteiger partial charge is 0.328 e. The van der Waals surface area contributed by atoms with Crippen molar-refractivity contribution < 1.29 is 14.3 Å². The number of pyridine rings is 1. The molecule has 0 saturated carbocycles. The highest BCUT2D eigenvalue weighted by Gasteiger charge is 2.30. The maximum absolute atomic E-state index is 12.0. The average Bonchev–Trinajstić information content (AvgIpc) is 2.47. The molecule has 1 amide bonds. The van der Waals surface area contributed by atoms with Gasteiger partial charge in [0.25, 0.3) is 0 Å². The van der Waals surface area contributed by atoms with Gasteiger partial charge in [-0.05, 0) is 38.3 Å². The molecule has 2 heterocycles. The lowest BCUT2D eigenvalue weighted by atomic mass is 10.0. The van der Waals surface area contributed by atoms with E-state index < -0.39 is 5.91 Å². The van der Waals surface area contributed by atoms with Crippen molar-refractivity contribution in [3.05, 3.63) is 23.9 Å². The van der Waals surface area contributed by atoms with Crippen molar-refractivity contribution in [2.24, 2.45) is 5.73 Å². The number of hydrogen-bond donors (Lipinski definition) is 1. The molecule has 6 nitrogen and oxygen atoms in total. The normalized spacial score (nSPS) is 18.6. The Morgan fingerprint density at radius 3 is 2.85 bits per heavy atom. The summed E-state index contributed by atoms with van der Waals surface area (Å²) in [5.74, 6) is -0.0506. The third-order valence-electron chi connectivity index (χ3n) is 3.39. The fourth-order valence-electron chi connectivity index (χ4n) is 2.39. The largest absolute Gasteiger partial charge is 0.464 e. The van der Waals surface area contributed by atoms with E-state index in [0.29, 0.717) is 18.0 Å². The Morgan fingerprint density at radius 2 is 2.25 bits per heavy atom. The first-order chi connectivity index (χ1) is 9.63. The number of hydrogen-bond acceptors (Lipinski definition) is 5. The lowest BCUT2D eigenvalue weighted by Crippen LogP contribution is -2.46. The molecule has 0 radical (unpaired) electrons. The van der Waals surface area contributed by atoms with Crippen LogP contribution in [0.5, 0.6) is 0 Å². The van der Waals surface area contributed by atoms with E-state index >= 15 is 0 Å². The summed E-state index contributed by atoms with van der Waals surface area (Å²) >= 11 is 0. The van der Waals surface area contributed by atoms with Crippen LogP contribution < -0.4 is 10.6 Å². The molecular weight excluding hydrogens is 258 g/mol. The van der Waals surface area contributed by atoms with Crippen molar-refractivity contribution in [2.45, 2.75) is 32.2 Å². The minimum atomic E-state index is -0.510. The van der Waals surface area contributed by atoms with Gasteiger partial charge in [0.2, 0.25) is 5.91 Å². The van der Waals surface area contributed by atoms with Gasteiger partial charge < -0.3 is 15.4 Å². The number of nitrogens with two attached hydrogens (primary N) is 1. The maximum Gasteiger partial charge on any atom is 0.328 e. The third-order valence-corrected chi connectivity index (χ3v) is 3.39. The van der Waals surface area contributed by atoms with Gasteiger partial charge in [0.05, 0.1) is 12.2 Å². The zero-order valence-corrected chi connectivity index (χ0v) is 11.5. The minimum absolute atomic E-state index is 0.215. The van der Waals surface area contributed by atoms with Gasteiger partial charge in [-0.15, -0.1) is 0 Å². The molecular formula is C14H19N3O3. The van der Waals surface area contributed by atoms with Gasteiger partial charge in [-0.2, -0.15) is 0 Å². The second-order valence-electron chi connectivity index (χ2n) is 4.73. The Balaban J connectivity index is 2.18. The van der Waals surface area contributed by atoms with Crippen molar-refractivity contribution in [1.82, 2.24) is 4.98 Å². The van der Waals surface area contributed by atoms with Crippen LogP contribution in [0.1, 0.15) is 36.5 Å². The van der Waals surface area contributed by atoms with Crippen LogP contribution >= 0.6 is 0 Å². The van der Waals surface area contributed by atoms with Crippen LogP contribution in [0, 0.1) is 0 Å². The number of primary amides is 1. The van der Waals surface area contributed by atoms with E-state index in [4.69, 9.17) is 10.5 Å². The quantitative estimate of drug-likeness (QED) is 0.833. The number of amides is 1. The predicted octanol–water partition coefficient (Wildman–Crippen LogP) is 1.10. The zero-order chi connectivity index (χ0) is 14.5. The summed E-state index contributed by atoms with van der Waals surface area (Å²) in [6, 6.07) is 3.05. The Bertz CT molecular complexity index is 487. The molecule has 6 heteroatoms. The summed E-state index contributed by atoms with van der Waals surface area (Å²) < 4.78 is 5.11. The van der Waals surface area contributed by atoms with Gasteiger partial charge in [-0.25, -0.2) is 9.78 Å². The van der Waals surface area contributed by atoms with Crippen LogP contribution in [-0.2, 0) is 9.53 Å². The van der Waals surface area contributed by atoms with Crippen LogP contribution in [0.4, 0.5) is 5.82 Å². The number of ether oxygens (including phenoxy) is 1. The molecule has 0 bridgehead atoms. The summed E-state index contributed by atoms with van der Waals surface area (Å²) in [6.07, 6.45) is 4.21. The van der Waals surface area contributed by atoms with E-state index in [1.54, 1.807) is 19.1 Å². The standard InChI is InChI=1S/C14H19N3O3/c1-2-20-14(19)11-5-3-4-8-17(11)12-7-6-10(9-16-12)13(15)18/h6-7,9,11H,2-5,8H2,1H3,(H2,15,18). The molecule has 0 aromatic carbocycles. The molecule has 1 unspecified atom stereocenters. The fraction of sp³-hybridized carbons (Fsp3) is 0.500. The lowest BCUT2D eigenvalue weighted by molar-refractivity contribution is -0.145. The van der Waals surface area contributed by atoms with Crippen LogP contribution in [-0.4, -0.2) is 36.1 Å². The Morgan fingerprint density at radius 1 is 1.45 bits per heavy atom. The number of anilines is 1. The number of aromatic nitrogens is 1. The number of nitrogens with zero attached hydrogens (tertiary/aromatic N) is 2. The summed E-state index contributed by atoms with van der Waals surface area (Å²) in [5, 5.41) is 0. The highest BCUT2D eigenvalue weighted by molar-refractivity contribution is 5.92. The lowest BCUT2D eigenvalue weighted by Gasteiger charge is -2.34. The van der Waals surface area contributed by atoms with Crippen molar-refractivity contribution in [1.29, 1.82) is 0 Å². The minimum Gasteiger partial charge on any atom is -0.464 e. The molecule has 1 saturated heterocycles. The number of rotatable bonds is 4. The van der Waals surface area contributed by atoms with Crippen molar-refractivity contribution in [3.63, 3.8) is 0 Å². The predicted molar refractivity (Wildman–Crippen MR) is 74.4 cm³/mol. The van der Waals surface area contributed by atoms with Crippen LogP contribution in [0.2, 0.25) is 0 Å². The summed E-state index contributed by atoms with van der Waals surface area (Å²) in [6.45, 7) is 2.93. The molecule has 0 aliphatic carbocycles. The molecule has 20 heavy (non-hydrogen) atoms. The number of carbonyl (C=O) groups excluding carboxylic acids is 2. The number of piperidine rings is 1. The van der Waals surface area contributed by atoms with Gasteiger partial charge in [-0.1, -0.05) is 0 Å². The van der Waals surface area contributed by atoms with Gasteiger partial charge >= 0.3 is 5.97 Å². The average molecular weight is 277 g/mol.